The Balaban J connectivity index is 1.71. The van der Waals surface area contributed by atoms with Crippen molar-refractivity contribution in [1.29, 1.82) is 0 Å². The van der Waals surface area contributed by atoms with E-state index in [9.17, 15) is 0 Å². The first-order chi connectivity index (χ1) is 10.1. The van der Waals surface area contributed by atoms with Gasteiger partial charge < -0.3 is 5.32 Å². The van der Waals surface area contributed by atoms with E-state index in [-0.39, 0.29) is 0 Å². The van der Waals surface area contributed by atoms with E-state index < -0.39 is 0 Å². The molecule has 3 atom stereocenters. The van der Waals surface area contributed by atoms with Crippen LogP contribution in [0.15, 0.2) is 24.3 Å². The quantitative estimate of drug-likeness (QED) is 0.783. The molecular formula is C20H31N. The van der Waals surface area contributed by atoms with Crippen molar-refractivity contribution < 1.29 is 0 Å². The predicted molar refractivity (Wildman–Crippen MR) is 90.7 cm³/mol. The highest BCUT2D eigenvalue weighted by atomic mass is 14.9. The van der Waals surface area contributed by atoms with Crippen molar-refractivity contribution in [3.63, 3.8) is 0 Å². The van der Waals surface area contributed by atoms with E-state index in [0.717, 1.165) is 17.9 Å². The number of hydrogen-bond donors (Lipinski definition) is 1. The first-order valence-corrected chi connectivity index (χ1v) is 8.93. The van der Waals surface area contributed by atoms with Gasteiger partial charge in [0.05, 0.1) is 0 Å². The molecule has 3 unspecified atom stereocenters. The molecule has 0 amide bonds. The Hall–Kier alpha value is -0.820. The molecule has 1 N–H and O–H groups in total. The van der Waals surface area contributed by atoms with E-state index >= 15 is 0 Å². The lowest BCUT2D eigenvalue weighted by Gasteiger charge is -2.30. The van der Waals surface area contributed by atoms with Crippen LogP contribution < -0.4 is 5.32 Å². The molecule has 2 aliphatic carbocycles. The average Bonchev–Trinajstić information content (AvgIpc) is 3.12. The second-order valence-corrected chi connectivity index (χ2v) is 7.88. The van der Waals surface area contributed by atoms with Crippen molar-refractivity contribution in [3.8, 4) is 0 Å². The van der Waals surface area contributed by atoms with E-state index in [2.05, 4.69) is 50.4 Å². The molecule has 1 aromatic carbocycles. The van der Waals surface area contributed by atoms with Gasteiger partial charge in [-0.1, -0.05) is 45.0 Å². The van der Waals surface area contributed by atoms with Gasteiger partial charge >= 0.3 is 0 Å². The minimum atomic E-state index is 0.569. The molecule has 0 aromatic heterocycles. The monoisotopic (exact) mass is 285 g/mol. The molecule has 1 aromatic rings. The third-order valence-corrected chi connectivity index (χ3v) is 5.76. The Labute approximate surface area is 130 Å². The lowest BCUT2D eigenvalue weighted by Crippen LogP contribution is -2.35. The van der Waals surface area contributed by atoms with Crippen molar-refractivity contribution in [2.75, 3.05) is 6.54 Å². The van der Waals surface area contributed by atoms with Gasteiger partial charge in [0.15, 0.2) is 0 Å². The molecule has 1 fully saturated rings. The molecule has 0 radical (unpaired) electrons. The zero-order valence-corrected chi connectivity index (χ0v) is 14.0. The average molecular weight is 285 g/mol. The van der Waals surface area contributed by atoms with Crippen molar-refractivity contribution >= 4 is 0 Å². The zero-order chi connectivity index (χ0) is 14.9. The lowest BCUT2D eigenvalue weighted by atomic mass is 9.78. The summed E-state index contributed by atoms with van der Waals surface area (Å²) < 4.78 is 0. The van der Waals surface area contributed by atoms with Crippen LogP contribution in [-0.2, 0) is 6.42 Å². The van der Waals surface area contributed by atoms with Crippen LogP contribution in [0.4, 0.5) is 0 Å². The van der Waals surface area contributed by atoms with E-state index in [1.54, 1.807) is 11.1 Å². The topological polar surface area (TPSA) is 12.0 Å². The molecule has 116 valence electrons. The van der Waals surface area contributed by atoms with Crippen molar-refractivity contribution in [2.45, 2.75) is 71.3 Å². The number of hydrogen-bond acceptors (Lipinski definition) is 1. The van der Waals surface area contributed by atoms with Gasteiger partial charge in [-0.2, -0.15) is 0 Å². The number of rotatable bonds is 6. The maximum atomic E-state index is 3.87. The fourth-order valence-corrected chi connectivity index (χ4v) is 4.32. The highest BCUT2D eigenvalue weighted by Gasteiger charge is 2.50. The maximum absolute atomic E-state index is 3.87. The summed E-state index contributed by atoms with van der Waals surface area (Å²) >= 11 is 0. The Kier molecular flexibility index (Phi) is 4.40. The summed E-state index contributed by atoms with van der Waals surface area (Å²) in [5.41, 5.74) is 3.82. The standard InChI is InChI=1S/C20H31N/c1-4-12-21-19(18-14-20(18,2)3)13-16-10-7-9-15-8-5-6-11-17(15)16/h5-6,8,11,16,18-19,21H,4,7,9-10,12-14H2,1-3H3. The minimum absolute atomic E-state index is 0.569. The summed E-state index contributed by atoms with van der Waals surface area (Å²) in [5, 5.41) is 3.87. The highest BCUT2D eigenvalue weighted by Crippen LogP contribution is 2.55. The SMILES string of the molecule is CCCNC(CC1CCCc2ccccc21)C1CC1(C)C. The van der Waals surface area contributed by atoms with Gasteiger partial charge in [-0.3, -0.25) is 0 Å². The zero-order valence-electron chi connectivity index (χ0n) is 14.0. The van der Waals surface area contributed by atoms with Crippen LogP contribution in [0.2, 0.25) is 0 Å². The minimum Gasteiger partial charge on any atom is -0.314 e. The van der Waals surface area contributed by atoms with Crippen LogP contribution in [0.3, 0.4) is 0 Å². The smallest absolute Gasteiger partial charge is 0.0106 e. The fraction of sp³-hybridized carbons (Fsp3) is 0.700. The van der Waals surface area contributed by atoms with Gasteiger partial charge in [0, 0.05) is 6.04 Å². The molecule has 2 aliphatic rings. The molecular weight excluding hydrogens is 254 g/mol. The van der Waals surface area contributed by atoms with Crippen LogP contribution in [0.5, 0.6) is 0 Å². The Bertz CT molecular complexity index is 476. The first kappa shape index (κ1) is 15.1. The van der Waals surface area contributed by atoms with Gasteiger partial charge in [0.25, 0.3) is 0 Å². The molecule has 0 aliphatic heterocycles. The molecule has 0 heterocycles. The fourth-order valence-electron chi connectivity index (χ4n) is 4.32. The molecule has 1 saturated carbocycles. The molecule has 0 saturated heterocycles. The molecule has 0 spiro atoms. The summed E-state index contributed by atoms with van der Waals surface area (Å²) in [4.78, 5) is 0. The third kappa shape index (κ3) is 3.34. The third-order valence-electron chi connectivity index (χ3n) is 5.76. The second-order valence-electron chi connectivity index (χ2n) is 7.88. The van der Waals surface area contributed by atoms with E-state index in [4.69, 9.17) is 0 Å². The van der Waals surface area contributed by atoms with Crippen LogP contribution in [0, 0.1) is 11.3 Å². The summed E-state index contributed by atoms with van der Waals surface area (Å²) in [7, 11) is 0. The van der Waals surface area contributed by atoms with Gasteiger partial charge in [0.2, 0.25) is 0 Å². The second kappa shape index (κ2) is 6.12. The Morgan fingerprint density at radius 2 is 2.05 bits per heavy atom. The van der Waals surface area contributed by atoms with Crippen molar-refractivity contribution in [3.05, 3.63) is 35.4 Å². The summed E-state index contributed by atoms with van der Waals surface area (Å²) in [5.74, 6) is 1.67. The van der Waals surface area contributed by atoms with Crippen LogP contribution in [-0.4, -0.2) is 12.6 Å². The lowest BCUT2D eigenvalue weighted by molar-refractivity contribution is 0.347. The van der Waals surface area contributed by atoms with Gasteiger partial charge in [-0.15, -0.1) is 0 Å². The molecule has 3 rings (SSSR count). The van der Waals surface area contributed by atoms with E-state index in [0.29, 0.717) is 5.41 Å². The van der Waals surface area contributed by atoms with Crippen LogP contribution >= 0.6 is 0 Å². The van der Waals surface area contributed by atoms with Gasteiger partial charge in [0.1, 0.15) is 0 Å². The highest BCUT2D eigenvalue weighted by molar-refractivity contribution is 5.32. The summed E-state index contributed by atoms with van der Waals surface area (Å²) in [6, 6.07) is 9.88. The van der Waals surface area contributed by atoms with Crippen LogP contribution in [0.25, 0.3) is 0 Å². The predicted octanol–water partition coefficient (Wildman–Crippen LogP) is 4.91. The largest absolute Gasteiger partial charge is 0.314 e. The van der Waals surface area contributed by atoms with Gasteiger partial charge in [-0.25, -0.2) is 0 Å². The van der Waals surface area contributed by atoms with Gasteiger partial charge in [-0.05, 0) is 73.4 Å². The molecule has 1 heteroatoms. The molecule has 1 nitrogen and oxygen atoms in total. The van der Waals surface area contributed by atoms with E-state index in [1.165, 1.54) is 45.1 Å². The number of fused-ring (bicyclic) bond motifs is 1. The van der Waals surface area contributed by atoms with Crippen LogP contribution in [0.1, 0.15) is 69.9 Å². The van der Waals surface area contributed by atoms with Crippen molar-refractivity contribution in [2.24, 2.45) is 11.3 Å². The maximum Gasteiger partial charge on any atom is 0.0106 e. The normalized spacial score (nSPS) is 28.0. The number of nitrogens with one attached hydrogen (secondary N) is 1. The summed E-state index contributed by atoms with van der Waals surface area (Å²) in [6.45, 7) is 8.32. The molecule has 21 heavy (non-hydrogen) atoms. The number of aryl methyl sites for hydroxylation is 1. The molecule has 0 bridgehead atoms. The number of benzene rings is 1. The first-order valence-electron chi connectivity index (χ1n) is 8.93. The van der Waals surface area contributed by atoms with E-state index in [1.807, 2.05) is 0 Å². The Morgan fingerprint density at radius 1 is 1.29 bits per heavy atom. The summed E-state index contributed by atoms with van der Waals surface area (Å²) in [6.07, 6.45) is 8.03. The van der Waals surface area contributed by atoms with Crippen molar-refractivity contribution in [1.82, 2.24) is 5.32 Å². The Morgan fingerprint density at radius 3 is 2.76 bits per heavy atom.